The molecule has 1 unspecified atom stereocenters. The maximum atomic E-state index is 13.2. The van der Waals surface area contributed by atoms with Gasteiger partial charge in [-0.15, -0.1) is 0 Å². The van der Waals surface area contributed by atoms with Gasteiger partial charge in [0.15, 0.2) is 5.78 Å². The molecule has 1 aliphatic heterocycles. The second-order valence-electron chi connectivity index (χ2n) is 3.55. The summed E-state index contributed by atoms with van der Waals surface area (Å²) >= 11 is 0. The molecule has 2 rings (SSSR count). The van der Waals surface area contributed by atoms with E-state index >= 15 is 0 Å². The number of Topliss-reactive ketones (excluding diaryl/α,β-unsaturated/α-hetero) is 1. The molecule has 0 fully saturated rings. The van der Waals surface area contributed by atoms with Crippen molar-refractivity contribution in [1.29, 1.82) is 0 Å². The zero-order valence-corrected chi connectivity index (χ0v) is 8.04. The predicted molar refractivity (Wildman–Crippen MR) is 52.8 cm³/mol. The molecular weight excluding hydrogens is 181 g/mol. The molecule has 0 amide bonds. The van der Waals surface area contributed by atoms with Gasteiger partial charge in [-0.25, -0.2) is 4.39 Å². The van der Waals surface area contributed by atoms with Crippen LogP contribution in [0.4, 0.5) is 10.1 Å². The van der Waals surface area contributed by atoms with E-state index in [2.05, 4.69) is 4.99 Å². The van der Waals surface area contributed by atoms with E-state index < -0.39 is 0 Å². The fraction of sp³-hybridized carbons (Fsp3) is 0.273. The Labute approximate surface area is 81.5 Å². The number of fused-ring (bicyclic) bond motifs is 1. The van der Waals surface area contributed by atoms with Crippen molar-refractivity contribution in [2.45, 2.75) is 13.8 Å². The summed E-state index contributed by atoms with van der Waals surface area (Å²) in [5.41, 5.74) is 1.48. The summed E-state index contributed by atoms with van der Waals surface area (Å²) in [7, 11) is 0. The van der Waals surface area contributed by atoms with Crippen LogP contribution < -0.4 is 0 Å². The van der Waals surface area contributed by atoms with Crippen molar-refractivity contribution in [2.24, 2.45) is 10.9 Å². The van der Waals surface area contributed by atoms with E-state index in [4.69, 9.17) is 0 Å². The van der Waals surface area contributed by atoms with Crippen molar-refractivity contribution in [3.63, 3.8) is 0 Å². The fourth-order valence-corrected chi connectivity index (χ4v) is 1.48. The lowest BCUT2D eigenvalue weighted by Gasteiger charge is -2.14. The second-order valence-corrected chi connectivity index (χ2v) is 3.55. The van der Waals surface area contributed by atoms with Crippen LogP contribution in [0.5, 0.6) is 0 Å². The third kappa shape index (κ3) is 1.25. The smallest absolute Gasteiger partial charge is 0.173 e. The van der Waals surface area contributed by atoms with Gasteiger partial charge in [0, 0.05) is 11.8 Å². The first kappa shape index (κ1) is 9.06. The molecule has 3 heteroatoms. The summed E-state index contributed by atoms with van der Waals surface area (Å²) in [5.74, 6) is -0.653. The van der Waals surface area contributed by atoms with Gasteiger partial charge in [0.25, 0.3) is 0 Å². The molecule has 0 saturated heterocycles. The highest BCUT2D eigenvalue weighted by Crippen LogP contribution is 2.28. The van der Waals surface area contributed by atoms with Gasteiger partial charge >= 0.3 is 0 Å². The van der Waals surface area contributed by atoms with Gasteiger partial charge in [-0.3, -0.25) is 9.79 Å². The molecule has 0 aromatic heterocycles. The normalized spacial score (nSPS) is 19.6. The van der Waals surface area contributed by atoms with Crippen LogP contribution in [-0.4, -0.2) is 12.0 Å². The molecule has 1 heterocycles. The molecule has 1 aromatic rings. The quantitative estimate of drug-likeness (QED) is 0.619. The van der Waals surface area contributed by atoms with Crippen molar-refractivity contribution in [1.82, 2.24) is 0 Å². The molecule has 1 aliphatic rings. The van der Waals surface area contributed by atoms with E-state index in [0.29, 0.717) is 16.8 Å². The Bertz CT molecular complexity index is 437. The number of halogens is 1. The van der Waals surface area contributed by atoms with Gasteiger partial charge in [0.2, 0.25) is 0 Å². The lowest BCUT2D eigenvalue weighted by atomic mass is 9.95. The van der Waals surface area contributed by atoms with Crippen LogP contribution in [0.3, 0.4) is 0 Å². The van der Waals surface area contributed by atoms with Gasteiger partial charge in [-0.1, -0.05) is 6.92 Å². The maximum absolute atomic E-state index is 13.2. The molecule has 1 atom stereocenters. The molecule has 1 aromatic carbocycles. The van der Waals surface area contributed by atoms with Gasteiger partial charge < -0.3 is 0 Å². The van der Waals surface area contributed by atoms with Crippen LogP contribution in [0.1, 0.15) is 22.8 Å². The molecule has 0 N–H and O–H groups in total. The minimum atomic E-state index is -0.346. The standard InChI is InChI=1S/C11H10FNO/c1-6-3-10-8(4-9(6)12)11(14)7(2)5-13-10/h3-5,7H,1-2H3. The van der Waals surface area contributed by atoms with Crippen LogP contribution in [0.15, 0.2) is 17.1 Å². The first-order valence-electron chi connectivity index (χ1n) is 4.48. The third-order valence-electron chi connectivity index (χ3n) is 2.39. The van der Waals surface area contributed by atoms with E-state index in [9.17, 15) is 9.18 Å². The number of aliphatic imine (C=N–C) groups is 1. The highest BCUT2D eigenvalue weighted by Gasteiger charge is 2.22. The van der Waals surface area contributed by atoms with Gasteiger partial charge in [-0.05, 0) is 24.6 Å². The number of carbonyl (C=O) groups is 1. The number of nitrogens with zero attached hydrogens (tertiary/aromatic N) is 1. The topological polar surface area (TPSA) is 29.4 Å². The highest BCUT2D eigenvalue weighted by molar-refractivity contribution is 6.11. The molecule has 72 valence electrons. The predicted octanol–water partition coefficient (Wildman–Crippen LogP) is 2.67. The summed E-state index contributed by atoms with van der Waals surface area (Å²) in [4.78, 5) is 15.7. The number of ketones is 1. The summed E-state index contributed by atoms with van der Waals surface area (Å²) in [6.07, 6.45) is 1.60. The molecule has 0 radical (unpaired) electrons. The molecule has 2 nitrogen and oxygen atoms in total. The Morgan fingerprint density at radius 2 is 2.14 bits per heavy atom. The van der Waals surface area contributed by atoms with Crippen molar-refractivity contribution in [3.05, 3.63) is 29.1 Å². The van der Waals surface area contributed by atoms with Crippen molar-refractivity contribution >= 4 is 17.7 Å². The van der Waals surface area contributed by atoms with E-state index in [1.54, 1.807) is 26.1 Å². The van der Waals surface area contributed by atoms with Crippen LogP contribution >= 0.6 is 0 Å². The molecule has 0 bridgehead atoms. The first-order valence-corrected chi connectivity index (χ1v) is 4.48. The lowest BCUT2D eigenvalue weighted by molar-refractivity contribution is 0.0962. The number of rotatable bonds is 0. The zero-order chi connectivity index (χ0) is 10.3. The van der Waals surface area contributed by atoms with Gasteiger partial charge in [0.1, 0.15) is 5.82 Å². The average Bonchev–Trinajstić information content (AvgIpc) is 2.15. The summed E-state index contributed by atoms with van der Waals surface area (Å²) in [5, 5.41) is 0. The highest BCUT2D eigenvalue weighted by atomic mass is 19.1. The zero-order valence-electron chi connectivity index (χ0n) is 8.04. The SMILES string of the molecule is Cc1cc2c(cc1F)C(=O)C(C)C=N2. The molecule has 0 aliphatic carbocycles. The number of carbonyl (C=O) groups excluding carboxylic acids is 1. The van der Waals surface area contributed by atoms with Crippen molar-refractivity contribution in [2.75, 3.05) is 0 Å². The Kier molecular flexibility index (Phi) is 1.95. The Morgan fingerprint density at radius 3 is 2.86 bits per heavy atom. The number of hydrogen-bond acceptors (Lipinski definition) is 2. The van der Waals surface area contributed by atoms with E-state index in [-0.39, 0.29) is 17.5 Å². The van der Waals surface area contributed by atoms with Crippen molar-refractivity contribution in [3.8, 4) is 0 Å². The molecular formula is C11H10FNO. The van der Waals surface area contributed by atoms with E-state index in [0.717, 1.165) is 0 Å². The van der Waals surface area contributed by atoms with Crippen LogP contribution in [0, 0.1) is 18.7 Å². The minimum absolute atomic E-state index is 0.0612. The van der Waals surface area contributed by atoms with Gasteiger partial charge in [0.05, 0.1) is 11.6 Å². The van der Waals surface area contributed by atoms with Crippen LogP contribution in [-0.2, 0) is 0 Å². The largest absolute Gasteiger partial charge is 0.293 e. The summed E-state index contributed by atoms with van der Waals surface area (Å²) in [6.45, 7) is 3.42. The Morgan fingerprint density at radius 1 is 1.43 bits per heavy atom. The third-order valence-corrected chi connectivity index (χ3v) is 2.39. The van der Waals surface area contributed by atoms with Crippen LogP contribution in [0.2, 0.25) is 0 Å². The lowest BCUT2D eigenvalue weighted by Crippen LogP contribution is -2.16. The van der Waals surface area contributed by atoms with E-state index in [1.807, 2.05) is 0 Å². The van der Waals surface area contributed by atoms with E-state index in [1.165, 1.54) is 6.07 Å². The molecule has 0 spiro atoms. The fourth-order valence-electron chi connectivity index (χ4n) is 1.48. The van der Waals surface area contributed by atoms with Gasteiger partial charge in [-0.2, -0.15) is 0 Å². The average molecular weight is 191 g/mol. The first-order chi connectivity index (χ1) is 6.59. The van der Waals surface area contributed by atoms with Crippen LogP contribution in [0.25, 0.3) is 0 Å². The minimum Gasteiger partial charge on any atom is -0.293 e. The maximum Gasteiger partial charge on any atom is 0.173 e. The number of aryl methyl sites for hydroxylation is 1. The monoisotopic (exact) mass is 191 g/mol. The Balaban J connectivity index is 2.64. The van der Waals surface area contributed by atoms with Crippen molar-refractivity contribution < 1.29 is 9.18 Å². The second kappa shape index (κ2) is 3.01. The number of hydrogen-bond donors (Lipinski definition) is 0. The Hall–Kier alpha value is -1.51. The summed E-state index contributed by atoms with van der Waals surface area (Å²) in [6, 6.07) is 2.88. The molecule has 0 saturated carbocycles. The summed E-state index contributed by atoms with van der Waals surface area (Å²) < 4.78 is 13.2. The number of benzene rings is 1. The molecule has 14 heavy (non-hydrogen) atoms.